The summed E-state index contributed by atoms with van der Waals surface area (Å²) in [4.78, 5) is 237. The molecule has 628 valence electrons. The molecule has 11 amide bonds. The van der Waals surface area contributed by atoms with Crippen molar-refractivity contribution in [2.45, 2.75) is 208 Å². The van der Waals surface area contributed by atoms with E-state index in [0.717, 1.165) is 118 Å². The van der Waals surface area contributed by atoms with Gasteiger partial charge in [0.25, 0.3) is 0 Å². The van der Waals surface area contributed by atoms with Crippen LogP contribution in [0.3, 0.4) is 0 Å². The van der Waals surface area contributed by atoms with E-state index in [1.807, 2.05) is 0 Å². The fraction of sp³-hybridized carbons (Fsp3) is 0.568. The number of ether oxygens (including phenoxy) is 7. The van der Waals surface area contributed by atoms with Crippen LogP contribution in [0.5, 0.6) is 0 Å². The number of carbonyl (C=O) groups is 20. The molecule has 8 heterocycles. The normalized spacial score (nSPS) is 18.8. The third kappa shape index (κ3) is 35.5. The molecule has 0 spiro atoms. The highest BCUT2D eigenvalue weighted by atomic mass is 16.6. The number of nitrogens with one attached hydrogen (secondary N) is 3. The Balaban J connectivity index is 0.000000357. The number of hydrogen-bond donors (Lipinski definition) is 5. The van der Waals surface area contributed by atoms with Crippen molar-refractivity contribution in [2.24, 2.45) is 0 Å². The highest BCUT2D eigenvalue weighted by molar-refractivity contribution is 5.97. The van der Waals surface area contributed by atoms with Crippen LogP contribution in [0, 0.1) is 0 Å². The van der Waals surface area contributed by atoms with Gasteiger partial charge in [0, 0.05) is 177 Å². The molecule has 8 aliphatic heterocycles. The molecular weight excluding hydrogens is 1510 g/mol. The van der Waals surface area contributed by atoms with Crippen LogP contribution in [0.15, 0.2) is 72.9 Å². The topological polar surface area (TPSA) is 508 Å². The lowest BCUT2D eigenvalue weighted by Crippen LogP contribution is -2.46. The van der Waals surface area contributed by atoms with Crippen molar-refractivity contribution in [1.29, 1.82) is 0 Å². The molecule has 40 heteroatoms. The second kappa shape index (κ2) is 50.0. The van der Waals surface area contributed by atoms with Gasteiger partial charge < -0.3 is 98.5 Å². The molecule has 8 aliphatic rings. The van der Waals surface area contributed by atoms with E-state index >= 15 is 0 Å². The van der Waals surface area contributed by atoms with Crippen molar-refractivity contribution in [3.63, 3.8) is 0 Å². The number of hydrogen-bond acceptors (Lipinski definition) is 27. The van der Waals surface area contributed by atoms with E-state index in [4.69, 9.17) is 33.9 Å². The second-order valence-corrected chi connectivity index (χ2v) is 26.0. The summed E-state index contributed by atoms with van der Waals surface area (Å²) in [5, 5.41) is 24.4. The summed E-state index contributed by atoms with van der Waals surface area (Å²) < 4.78 is 33.8. The Bertz CT molecular complexity index is 3350. The highest BCUT2D eigenvalue weighted by Gasteiger charge is 2.33. The summed E-state index contributed by atoms with van der Waals surface area (Å²) in [5.41, 5.74) is 0. The predicted molar refractivity (Wildman–Crippen MR) is 392 cm³/mol. The average Bonchev–Trinajstić information content (AvgIpc) is 1.78. The summed E-state index contributed by atoms with van der Waals surface area (Å²) in [7, 11) is 2.44. The SMILES string of the molecule is CC(NC(=O)C=CC(=O)O)N1CCCC1=O.CC(NC(=O)C=CC(=O)OC(C)N1CCCC1=O)N1CCCC1=O.CC(OC(=O)C=CC(=O)O)N1CCCC1=O.CC(OC(=O)C=CC(=O)OC(C)N1CCCC1=O)N1CCCC1=O.COC(=O)C=CC(=O)NC(C)N1CCCC1=O.COC(=O)C=CC(=O)OC(C)N1CCCC1=O. The molecule has 8 fully saturated rings. The number of esters is 7. The second-order valence-electron chi connectivity index (χ2n) is 26.0. The minimum absolute atomic E-state index is 0.00927. The van der Waals surface area contributed by atoms with Gasteiger partial charge in [0.2, 0.25) is 65.0 Å². The molecule has 8 atom stereocenters. The van der Waals surface area contributed by atoms with Crippen LogP contribution in [0.2, 0.25) is 0 Å². The quantitative estimate of drug-likeness (QED) is 0.0406. The summed E-state index contributed by atoms with van der Waals surface area (Å²) >= 11 is 0. The molecule has 0 aromatic rings. The minimum atomic E-state index is -1.22. The maximum Gasteiger partial charge on any atom is 0.332 e. The van der Waals surface area contributed by atoms with E-state index < -0.39 is 115 Å². The molecule has 114 heavy (non-hydrogen) atoms. The standard InChI is InChI=1S/C16H23N3O5.C16H22N2O6.C11H16N2O4.C11H15NO5.C10H14N2O4.C10H13NO5/c1-11(18-9-3-5-14(18)21)17-13(20)7-8-16(23)24-12(2)19-10-4-6-15(19)22;1-11(17-9-3-5-13(17)19)23-15(21)7-8-16(22)24-12(2)18-10-4-6-14(18)20;1-8(13-7-3-4-10(13)15)12-9(14)5-6-11(16)17-2;1-8(12-7-3-4-9(12)13)17-11(15)6-5-10(14)16-2;1-7(12-6-2-3-9(12)14)11-8(13)4-5-10(15)16;1-7(11-6-2-3-8(11)12)16-10(15)5-4-9(13)14/h7-8,11-12H,3-6,9-10H2,1-2H3,(H,17,20);7-8,11-12H,3-6,9-10H2,1-2H3;5-6,8H,3-4,7H2,1-2H3,(H,12,14);5-6,8H,3-4,7H2,1-2H3;4-5,7H,2-3,6H2,1H3,(H,11,13)(H,15,16);4-5,7H,2-3,6H2,1H3,(H,13,14). The summed E-state index contributed by atoms with van der Waals surface area (Å²) in [6.45, 7) is 17.9. The molecule has 8 rings (SSSR count). The van der Waals surface area contributed by atoms with Gasteiger partial charge in [0.05, 0.1) is 14.2 Å². The highest BCUT2D eigenvalue weighted by Crippen LogP contribution is 2.20. The number of likely N-dealkylation sites (tertiary alicyclic amines) is 8. The van der Waals surface area contributed by atoms with Gasteiger partial charge >= 0.3 is 53.7 Å². The lowest BCUT2D eigenvalue weighted by atomic mass is 10.4. The number of aliphatic carboxylic acids is 2. The minimum Gasteiger partial charge on any atom is -0.478 e. The third-order valence-electron chi connectivity index (χ3n) is 17.6. The number of carboxylic acids is 2. The molecule has 8 unspecified atom stereocenters. The van der Waals surface area contributed by atoms with Gasteiger partial charge in [-0.3, -0.25) is 52.7 Å². The molecule has 0 aliphatic carbocycles. The Morgan fingerprint density at radius 1 is 0.263 bits per heavy atom. The van der Waals surface area contributed by atoms with Gasteiger partial charge in [-0.1, -0.05) is 0 Å². The van der Waals surface area contributed by atoms with E-state index in [2.05, 4.69) is 25.4 Å². The molecule has 5 N–H and O–H groups in total. The lowest BCUT2D eigenvalue weighted by Gasteiger charge is -2.24. The smallest absolute Gasteiger partial charge is 0.332 e. The van der Waals surface area contributed by atoms with Crippen LogP contribution in [0.4, 0.5) is 0 Å². The van der Waals surface area contributed by atoms with Gasteiger partial charge in [-0.15, -0.1) is 0 Å². The third-order valence-corrected chi connectivity index (χ3v) is 17.6. The fourth-order valence-corrected chi connectivity index (χ4v) is 11.8. The molecule has 8 saturated heterocycles. The first-order valence-electron chi connectivity index (χ1n) is 36.9. The zero-order chi connectivity index (χ0) is 85.3. The first kappa shape index (κ1) is 96.0. The number of amides is 11. The number of methoxy groups -OCH3 is 2. The molecule has 0 saturated carbocycles. The van der Waals surface area contributed by atoms with E-state index in [9.17, 15) is 95.9 Å². The number of carbonyl (C=O) groups excluding carboxylic acids is 18. The van der Waals surface area contributed by atoms with Crippen LogP contribution in [-0.4, -0.2) is 284 Å². The van der Waals surface area contributed by atoms with Crippen molar-refractivity contribution in [3.8, 4) is 0 Å². The molecular formula is C74H103N11O29. The first-order chi connectivity index (χ1) is 53.8. The van der Waals surface area contributed by atoms with Crippen molar-refractivity contribution >= 4 is 119 Å². The van der Waals surface area contributed by atoms with Crippen LogP contribution in [-0.2, 0) is 129 Å². The van der Waals surface area contributed by atoms with E-state index in [1.54, 1.807) is 70.1 Å². The Labute approximate surface area is 658 Å². The van der Waals surface area contributed by atoms with E-state index in [-0.39, 0.29) is 53.4 Å². The van der Waals surface area contributed by atoms with Crippen molar-refractivity contribution < 1.29 is 139 Å². The Hall–Kier alpha value is -12.2. The van der Waals surface area contributed by atoms with Gasteiger partial charge in [-0.25, -0.2) is 43.2 Å². The van der Waals surface area contributed by atoms with Crippen LogP contribution in [0.25, 0.3) is 0 Å². The van der Waals surface area contributed by atoms with Gasteiger partial charge in [0.1, 0.15) is 18.5 Å². The molecule has 0 bridgehead atoms. The first-order valence-corrected chi connectivity index (χ1v) is 36.9. The van der Waals surface area contributed by atoms with E-state index in [1.165, 1.54) is 38.7 Å². The van der Waals surface area contributed by atoms with Crippen molar-refractivity contribution in [1.82, 2.24) is 55.1 Å². The number of rotatable bonds is 28. The van der Waals surface area contributed by atoms with Crippen molar-refractivity contribution in [3.05, 3.63) is 72.9 Å². The Morgan fingerprint density at radius 3 is 0.605 bits per heavy atom. The Kier molecular flexibility index (Phi) is 42.1. The molecule has 0 radical (unpaired) electrons. The summed E-state index contributed by atoms with van der Waals surface area (Å²) in [5.74, 6) is -8.83. The molecule has 0 aromatic carbocycles. The summed E-state index contributed by atoms with van der Waals surface area (Å²) in [6, 6.07) is 0. The predicted octanol–water partition coefficient (Wildman–Crippen LogP) is 0.583. The molecule has 0 aromatic heterocycles. The van der Waals surface area contributed by atoms with Gasteiger partial charge in [-0.05, 0) is 107 Å². The van der Waals surface area contributed by atoms with Crippen LogP contribution >= 0.6 is 0 Å². The van der Waals surface area contributed by atoms with E-state index in [0.29, 0.717) is 110 Å². The zero-order valence-corrected chi connectivity index (χ0v) is 65.5. The maximum atomic E-state index is 11.8. The van der Waals surface area contributed by atoms with Crippen LogP contribution in [0.1, 0.15) is 158 Å². The lowest BCUT2D eigenvalue weighted by molar-refractivity contribution is -0.159. The monoisotopic (exact) mass is 1610 g/mol. The summed E-state index contributed by atoms with van der Waals surface area (Å²) in [6.07, 6.45) is 16.9. The number of carboxylic acid groups (broad SMARTS) is 2. The largest absolute Gasteiger partial charge is 0.478 e. The van der Waals surface area contributed by atoms with Crippen LogP contribution < -0.4 is 16.0 Å². The fourth-order valence-electron chi connectivity index (χ4n) is 11.8. The Morgan fingerprint density at radius 2 is 0.421 bits per heavy atom. The molecule has 40 nitrogen and oxygen atoms in total. The van der Waals surface area contributed by atoms with Gasteiger partial charge in [-0.2, -0.15) is 0 Å². The van der Waals surface area contributed by atoms with Gasteiger partial charge in [0.15, 0.2) is 31.1 Å². The zero-order valence-electron chi connectivity index (χ0n) is 65.5. The number of nitrogens with zero attached hydrogens (tertiary/aromatic N) is 8. The van der Waals surface area contributed by atoms with Crippen molar-refractivity contribution in [2.75, 3.05) is 66.6 Å². The maximum absolute atomic E-state index is 11.8. The average molecular weight is 1610 g/mol.